The predicted octanol–water partition coefficient (Wildman–Crippen LogP) is 3.92. The number of hydrogen-bond acceptors (Lipinski definition) is 6. The monoisotopic (exact) mass is 428 g/mol. The average molecular weight is 429 g/mol. The normalized spacial score (nSPS) is 15.9. The molecule has 2 heterocycles. The first-order valence-electron chi connectivity index (χ1n) is 10.8. The van der Waals surface area contributed by atoms with Gasteiger partial charge in [-0.3, -0.25) is 9.89 Å². The number of piperidine rings is 1. The quantitative estimate of drug-likeness (QED) is 0.677. The lowest BCUT2D eigenvalue weighted by atomic mass is 9.92. The summed E-state index contributed by atoms with van der Waals surface area (Å²) in [5.41, 5.74) is 1.10. The van der Waals surface area contributed by atoms with E-state index in [2.05, 4.69) is 15.5 Å². The topological polar surface area (TPSA) is 96.5 Å². The number of esters is 1. The first-order valence-corrected chi connectivity index (χ1v) is 10.8. The minimum absolute atomic E-state index is 0.150. The summed E-state index contributed by atoms with van der Waals surface area (Å²) in [4.78, 5) is 26.8. The molecule has 1 fully saturated rings. The lowest BCUT2D eigenvalue weighted by Gasteiger charge is -2.34. The first kappa shape index (κ1) is 22.7. The molecule has 1 saturated heterocycles. The molecule has 0 bridgehead atoms. The Morgan fingerprint density at radius 2 is 1.90 bits per heavy atom. The van der Waals surface area contributed by atoms with Gasteiger partial charge in [0.15, 0.2) is 0 Å². The molecule has 2 N–H and O–H groups in total. The Bertz CT molecular complexity index is 867. The number of ether oxygens (including phenoxy) is 2. The van der Waals surface area contributed by atoms with E-state index in [-0.39, 0.29) is 18.1 Å². The van der Waals surface area contributed by atoms with E-state index in [1.807, 2.05) is 51.1 Å². The van der Waals surface area contributed by atoms with Crippen LogP contribution in [0, 0.1) is 0 Å². The van der Waals surface area contributed by atoms with E-state index in [1.54, 1.807) is 18.0 Å². The summed E-state index contributed by atoms with van der Waals surface area (Å²) >= 11 is 0. The standard InChI is InChI=1S/C23H32N4O4/c1-5-30-21(28)19(16-9-7-6-8-10-16)18-15-24-26-20(18)25-17-11-13-27(14-12-17)22(29)31-23(2,3)4/h6-10,15,17,19H,5,11-14H2,1-4H3,(H2,24,25,26). The van der Waals surface area contributed by atoms with Crippen molar-refractivity contribution in [2.45, 2.75) is 58.1 Å². The maximum absolute atomic E-state index is 12.8. The number of hydrogen-bond donors (Lipinski definition) is 2. The molecule has 8 heteroatoms. The molecule has 0 aliphatic carbocycles. The summed E-state index contributed by atoms with van der Waals surface area (Å²) in [5.74, 6) is -0.167. The summed E-state index contributed by atoms with van der Waals surface area (Å²) in [5, 5.41) is 10.7. The number of nitrogens with one attached hydrogen (secondary N) is 2. The van der Waals surface area contributed by atoms with Gasteiger partial charge in [-0.25, -0.2) is 4.79 Å². The number of likely N-dealkylation sites (tertiary alicyclic amines) is 1. The minimum atomic E-state index is -0.566. The van der Waals surface area contributed by atoms with Gasteiger partial charge in [-0.2, -0.15) is 5.10 Å². The Morgan fingerprint density at radius 3 is 2.52 bits per heavy atom. The van der Waals surface area contributed by atoms with Crippen LogP contribution in [0.5, 0.6) is 0 Å². The highest BCUT2D eigenvalue weighted by Gasteiger charge is 2.31. The number of carbonyl (C=O) groups excluding carboxylic acids is 2. The highest BCUT2D eigenvalue weighted by Crippen LogP contribution is 2.31. The Hall–Kier alpha value is -3.03. The fraction of sp³-hybridized carbons (Fsp3) is 0.522. The molecule has 1 amide bonds. The summed E-state index contributed by atoms with van der Waals surface area (Å²) in [6.07, 6.45) is 2.94. The summed E-state index contributed by atoms with van der Waals surface area (Å²) in [6, 6.07) is 9.70. The molecule has 168 valence electrons. The van der Waals surface area contributed by atoms with Crippen LogP contribution in [0.4, 0.5) is 10.6 Å². The van der Waals surface area contributed by atoms with Gasteiger partial charge in [-0.15, -0.1) is 0 Å². The molecular weight excluding hydrogens is 396 g/mol. The van der Waals surface area contributed by atoms with E-state index in [0.29, 0.717) is 25.5 Å². The fourth-order valence-corrected chi connectivity index (χ4v) is 3.68. The van der Waals surface area contributed by atoms with Gasteiger partial charge in [-0.1, -0.05) is 30.3 Å². The zero-order valence-corrected chi connectivity index (χ0v) is 18.7. The summed E-state index contributed by atoms with van der Waals surface area (Å²) < 4.78 is 10.8. The smallest absolute Gasteiger partial charge is 0.410 e. The number of rotatable bonds is 6. The van der Waals surface area contributed by atoms with E-state index in [9.17, 15) is 9.59 Å². The molecule has 31 heavy (non-hydrogen) atoms. The van der Waals surface area contributed by atoms with Gasteiger partial charge < -0.3 is 19.7 Å². The maximum atomic E-state index is 12.8. The lowest BCUT2D eigenvalue weighted by molar-refractivity contribution is -0.143. The van der Waals surface area contributed by atoms with Crippen LogP contribution in [-0.4, -0.2) is 58.5 Å². The van der Waals surface area contributed by atoms with E-state index in [4.69, 9.17) is 9.47 Å². The van der Waals surface area contributed by atoms with Crippen LogP contribution >= 0.6 is 0 Å². The van der Waals surface area contributed by atoms with Gasteiger partial charge in [-0.05, 0) is 46.1 Å². The van der Waals surface area contributed by atoms with E-state index < -0.39 is 11.5 Å². The zero-order valence-electron chi connectivity index (χ0n) is 18.7. The molecule has 2 aromatic rings. The number of aromatic nitrogens is 2. The van der Waals surface area contributed by atoms with Crippen molar-refractivity contribution >= 4 is 17.9 Å². The maximum Gasteiger partial charge on any atom is 0.410 e. The molecular formula is C23H32N4O4. The van der Waals surface area contributed by atoms with Crippen LogP contribution in [0.1, 0.15) is 57.6 Å². The largest absolute Gasteiger partial charge is 0.465 e. The van der Waals surface area contributed by atoms with Gasteiger partial charge in [0.05, 0.1) is 12.8 Å². The number of amides is 1. The van der Waals surface area contributed by atoms with E-state index in [1.165, 1.54) is 0 Å². The third-order valence-electron chi connectivity index (χ3n) is 5.13. The molecule has 0 spiro atoms. The van der Waals surface area contributed by atoms with Crippen molar-refractivity contribution in [2.24, 2.45) is 0 Å². The Balaban J connectivity index is 1.69. The molecule has 3 rings (SSSR count). The second-order valence-corrected chi connectivity index (χ2v) is 8.68. The van der Waals surface area contributed by atoms with Crippen LogP contribution in [0.15, 0.2) is 36.5 Å². The predicted molar refractivity (Wildman–Crippen MR) is 118 cm³/mol. The van der Waals surface area contributed by atoms with Crippen LogP contribution in [0.25, 0.3) is 0 Å². The van der Waals surface area contributed by atoms with Crippen LogP contribution in [0.2, 0.25) is 0 Å². The molecule has 1 aromatic carbocycles. The summed E-state index contributed by atoms with van der Waals surface area (Å²) in [6.45, 7) is 8.92. The molecule has 1 aliphatic heterocycles. The van der Waals surface area contributed by atoms with Crippen LogP contribution in [-0.2, 0) is 14.3 Å². The van der Waals surface area contributed by atoms with Crippen molar-refractivity contribution in [2.75, 3.05) is 25.0 Å². The van der Waals surface area contributed by atoms with E-state index >= 15 is 0 Å². The van der Waals surface area contributed by atoms with Gasteiger partial charge in [0, 0.05) is 24.7 Å². The fourth-order valence-electron chi connectivity index (χ4n) is 3.68. The highest BCUT2D eigenvalue weighted by atomic mass is 16.6. The molecule has 0 radical (unpaired) electrons. The lowest BCUT2D eigenvalue weighted by Crippen LogP contribution is -2.44. The number of benzene rings is 1. The third-order valence-corrected chi connectivity index (χ3v) is 5.13. The van der Waals surface area contributed by atoms with Crippen LogP contribution < -0.4 is 5.32 Å². The second kappa shape index (κ2) is 9.85. The van der Waals surface area contributed by atoms with Crippen LogP contribution in [0.3, 0.4) is 0 Å². The molecule has 1 aromatic heterocycles. The molecule has 1 aliphatic rings. The molecule has 8 nitrogen and oxygen atoms in total. The van der Waals surface area contributed by atoms with Crippen molar-refractivity contribution in [3.8, 4) is 0 Å². The van der Waals surface area contributed by atoms with Gasteiger partial charge in [0.2, 0.25) is 0 Å². The summed E-state index contributed by atoms with van der Waals surface area (Å²) in [7, 11) is 0. The zero-order chi connectivity index (χ0) is 22.4. The number of anilines is 1. The third kappa shape index (κ3) is 5.99. The van der Waals surface area contributed by atoms with Gasteiger partial charge >= 0.3 is 12.1 Å². The Kier molecular flexibility index (Phi) is 7.20. The average Bonchev–Trinajstić information content (AvgIpc) is 3.16. The van der Waals surface area contributed by atoms with Gasteiger partial charge in [0.25, 0.3) is 0 Å². The van der Waals surface area contributed by atoms with Crippen molar-refractivity contribution in [1.82, 2.24) is 15.1 Å². The van der Waals surface area contributed by atoms with Crippen molar-refractivity contribution in [1.29, 1.82) is 0 Å². The van der Waals surface area contributed by atoms with E-state index in [0.717, 1.165) is 24.0 Å². The van der Waals surface area contributed by atoms with Gasteiger partial charge in [0.1, 0.15) is 17.3 Å². The number of nitrogens with zero attached hydrogens (tertiary/aromatic N) is 2. The first-order chi connectivity index (χ1) is 14.8. The number of carbonyl (C=O) groups is 2. The van der Waals surface area contributed by atoms with Crippen molar-refractivity contribution in [3.63, 3.8) is 0 Å². The minimum Gasteiger partial charge on any atom is -0.465 e. The molecule has 1 atom stereocenters. The number of H-pyrrole nitrogens is 1. The molecule has 1 unspecified atom stereocenters. The SMILES string of the molecule is CCOC(=O)C(c1ccccc1)c1cn[nH]c1NC1CCN(C(=O)OC(C)(C)C)CC1. The highest BCUT2D eigenvalue weighted by molar-refractivity contribution is 5.84. The molecule has 0 saturated carbocycles. The number of aromatic amines is 1. The van der Waals surface area contributed by atoms with Crippen molar-refractivity contribution in [3.05, 3.63) is 47.7 Å². The Morgan fingerprint density at radius 1 is 1.23 bits per heavy atom. The second-order valence-electron chi connectivity index (χ2n) is 8.68. The van der Waals surface area contributed by atoms with Crippen molar-refractivity contribution < 1.29 is 19.1 Å². The Labute approximate surface area is 183 Å².